The summed E-state index contributed by atoms with van der Waals surface area (Å²) in [6, 6.07) is 0. The van der Waals surface area contributed by atoms with E-state index in [9.17, 15) is 0 Å². The van der Waals surface area contributed by atoms with Crippen LogP contribution in [0, 0.1) is 12.8 Å². The van der Waals surface area contributed by atoms with Crippen LogP contribution in [-0.4, -0.2) is 22.8 Å². The summed E-state index contributed by atoms with van der Waals surface area (Å²) in [7, 11) is 0. The van der Waals surface area contributed by atoms with Crippen LogP contribution < -0.4 is 10.5 Å². The Labute approximate surface area is 87.5 Å². The van der Waals surface area contributed by atoms with Gasteiger partial charge in [0.1, 0.15) is 11.1 Å². The van der Waals surface area contributed by atoms with Gasteiger partial charge >= 0.3 is 0 Å². The van der Waals surface area contributed by atoms with Crippen LogP contribution in [0.2, 0.25) is 0 Å². The van der Waals surface area contributed by atoms with Crippen molar-refractivity contribution in [1.29, 1.82) is 0 Å². The second-order valence-corrected chi connectivity index (χ2v) is 4.81. The minimum absolute atomic E-state index is 0.257. The van der Waals surface area contributed by atoms with E-state index in [4.69, 9.17) is 10.5 Å². The van der Waals surface area contributed by atoms with E-state index in [2.05, 4.69) is 10.2 Å². The standard InChI is InChI=1S/C9H15N3OS/c1-6-11-12-9(14-6)13-8-4-2-3-7(8)5-10/h7-8H,2-5,10H2,1H3. The molecule has 0 radical (unpaired) electrons. The van der Waals surface area contributed by atoms with Crippen molar-refractivity contribution in [1.82, 2.24) is 10.2 Å². The third-order valence-electron chi connectivity index (χ3n) is 2.65. The Hall–Kier alpha value is -0.680. The number of hydrogen-bond acceptors (Lipinski definition) is 5. The highest BCUT2D eigenvalue weighted by Gasteiger charge is 2.28. The van der Waals surface area contributed by atoms with Gasteiger partial charge in [-0.05, 0) is 32.7 Å². The molecule has 1 aromatic heterocycles. The van der Waals surface area contributed by atoms with E-state index in [0.717, 1.165) is 11.4 Å². The molecule has 1 aliphatic carbocycles. The Balaban J connectivity index is 1.96. The molecule has 1 fully saturated rings. The Kier molecular flexibility index (Phi) is 2.98. The first-order valence-corrected chi connectivity index (χ1v) is 5.78. The molecule has 0 spiro atoms. The lowest BCUT2D eigenvalue weighted by Gasteiger charge is -2.17. The molecule has 0 saturated heterocycles. The van der Waals surface area contributed by atoms with Crippen LogP contribution >= 0.6 is 11.3 Å². The third-order valence-corrected chi connectivity index (χ3v) is 3.38. The van der Waals surface area contributed by atoms with Gasteiger partial charge in [0.05, 0.1) is 0 Å². The van der Waals surface area contributed by atoms with Gasteiger partial charge < -0.3 is 10.5 Å². The number of hydrogen-bond donors (Lipinski definition) is 1. The van der Waals surface area contributed by atoms with Crippen molar-refractivity contribution >= 4 is 11.3 Å². The van der Waals surface area contributed by atoms with Gasteiger partial charge in [-0.3, -0.25) is 0 Å². The van der Waals surface area contributed by atoms with Crippen molar-refractivity contribution in [3.8, 4) is 5.19 Å². The summed E-state index contributed by atoms with van der Waals surface area (Å²) < 4.78 is 5.76. The van der Waals surface area contributed by atoms with Crippen LogP contribution in [0.4, 0.5) is 0 Å². The highest BCUT2D eigenvalue weighted by Crippen LogP contribution is 2.30. The Morgan fingerprint density at radius 1 is 1.50 bits per heavy atom. The lowest BCUT2D eigenvalue weighted by atomic mass is 10.1. The van der Waals surface area contributed by atoms with Crippen molar-refractivity contribution in [2.75, 3.05) is 6.54 Å². The molecule has 78 valence electrons. The van der Waals surface area contributed by atoms with Crippen LogP contribution in [0.1, 0.15) is 24.3 Å². The van der Waals surface area contributed by atoms with Gasteiger partial charge in [-0.1, -0.05) is 11.3 Å². The molecule has 2 unspecified atom stereocenters. The zero-order chi connectivity index (χ0) is 9.97. The maximum Gasteiger partial charge on any atom is 0.294 e. The van der Waals surface area contributed by atoms with E-state index in [-0.39, 0.29) is 6.10 Å². The second-order valence-electron chi connectivity index (χ2n) is 3.67. The molecule has 14 heavy (non-hydrogen) atoms. The lowest BCUT2D eigenvalue weighted by molar-refractivity contribution is 0.160. The zero-order valence-electron chi connectivity index (χ0n) is 8.27. The van der Waals surface area contributed by atoms with Gasteiger partial charge in [-0.25, -0.2) is 0 Å². The van der Waals surface area contributed by atoms with Gasteiger partial charge in [0.2, 0.25) is 0 Å². The first kappa shape index (κ1) is 9.86. The van der Waals surface area contributed by atoms with Crippen molar-refractivity contribution in [3.63, 3.8) is 0 Å². The monoisotopic (exact) mass is 213 g/mol. The minimum atomic E-state index is 0.257. The summed E-state index contributed by atoms with van der Waals surface area (Å²) in [6.07, 6.45) is 3.75. The first-order valence-electron chi connectivity index (χ1n) is 4.96. The van der Waals surface area contributed by atoms with Crippen LogP contribution in [-0.2, 0) is 0 Å². The van der Waals surface area contributed by atoms with E-state index in [1.807, 2.05) is 6.92 Å². The van der Waals surface area contributed by atoms with E-state index in [1.165, 1.54) is 24.2 Å². The molecule has 0 aliphatic heterocycles. The van der Waals surface area contributed by atoms with Gasteiger partial charge in [0.15, 0.2) is 0 Å². The molecule has 4 nitrogen and oxygen atoms in total. The van der Waals surface area contributed by atoms with E-state index < -0.39 is 0 Å². The topological polar surface area (TPSA) is 61.0 Å². The number of rotatable bonds is 3. The summed E-state index contributed by atoms with van der Waals surface area (Å²) in [5.74, 6) is 0.499. The van der Waals surface area contributed by atoms with Gasteiger partial charge in [-0.15, -0.1) is 10.2 Å². The maximum absolute atomic E-state index is 5.76. The molecular formula is C9H15N3OS. The van der Waals surface area contributed by atoms with Crippen molar-refractivity contribution in [2.24, 2.45) is 11.7 Å². The average molecular weight is 213 g/mol. The van der Waals surface area contributed by atoms with Crippen LogP contribution in [0.25, 0.3) is 0 Å². The maximum atomic E-state index is 5.76. The van der Waals surface area contributed by atoms with Gasteiger partial charge in [0.25, 0.3) is 5.19 Å². The molecule has 2 atom stereocenters. The second kappa shape index (κ2) is 4.23. The number of nitrogens with two attached hydrogens (primary N) is 1. The normalized spacial score (nSPS) is 26.7. The minimum Gasteiger partial charge on any atom is -0.465 e. The summed E-state index contributed by atoms with van der Waals surface area (Å²) in [6.45, 7) is 2.64. The highest BCUT2D eigenvalue weighted by atomic mass is 32.1. The van der Waals surface area contributed by atoms with E-state index in [0.29, 0.717) is 17.7 Å². The molecule has 2 N–H and O–H groups in total. The number of ether oxygens (including phenoxy) is 1. The van der Waals surface area contributed by atoms with Crippen molar-refractivity contribution in [2.45, 2.75) is 32.3 Å². The largest absolute Gasteiger partial charge is 0.465 e. The quantitative estimate of drug-likeness (QED) is 0.823. The van der Waals surface area contributed by atoms with E-state index in [1.54, 1.807) is 0 Å². The summed E-state index contributed by atoms with van der Waals surface area (Å²) in [5, 5.41) is 9.51. The zero-order valence-corrected chi connectivity index (χ0v) is 9.09. The Bertz CT molecular complexity index is 302. The van der Waals surface area contributed by atoms with E-state index >= 15 is 0 Å². The molecule has 1 aliphatic rings. The molecule has 0 amide bonds. The molecule has 1 heterocycles. The molecule has 0 aromatic carbocycles. The predicted molar refractivity (Wildman–Crippen MR) is 55.5 cm³/mol. The highest BCUT2D eigenvalue weighted by molar-refractivity contribution is 7.12. The average Bonchev–Trinajstić information content (AvgIpc) is 2.76. The predicted octanol–water partition coefficient (Wildman–Crippen LogP) is 1.35. The van der Waals surface area contributed by atoms with Crippen LogP contribution in [0.3, 0.4) is 0 Å². The van der Waals surface area contributed by atoms with Gasteiger partial charge in [-0.2, -0.15) is 0 Å². The molecule has 0 bridgehead atoms. The summed E-state index contributed by atoms with van der Waals surface area (Å²) in [4.78, 5) is 0. The molecule has 1 saturated carbocycles. The third kappa shape index (κ3) is 2.04. The summed E-state index contributed by atoms with van der Waals surface area (Å²) in [5.41, 5.74) is 5.67. The van der Waals surface area contributed by atoms with Crippen molar-refractivity contribution < 1.29 is 4.74 Å². The Morgan fingerprint density at radius 3 is 3.00 bits per heavy atom. The Morgan fingerprint density at radius 2 is 2.36 bits per heavy atom. The smallest absolute Gasteiger partial charge is 0.294 e. The lowest BCUT2D eigenvalue weighted by Crippen LogP contribution is -2.27. The van der Waals surface area contributed by atoms with Crippen LogP contribution in [0.5, 0.6) is 5.19 Å². The van der Waals surface area contributed by atoms with Gasteiger partial charge in [0, 0.05) is 5.92 Å². The molecular weight excluding hydrogens is 198 g/mol. The molecule has 1 aromatic rings. The summed E-state index contributed by atoms with van der Waals surface area (Å²) >= 11 is 1.50. The fourth-order valence-electron chi connectivity index (χ4n) is 1.88. The molecule has 5 heteroatoms. The fourth-order valence-corrected chi connectivity index (χ4v) is 2.47. The van der Waals surface area contributed by atoms with Crippen LogP contribution in [0.15, 0.2) is 0 Å². The number of aromatic nitrogens is 2. The first-order chi connectivity index (χ1) is 6.79. The number of nitrogens with zero attached hydrogens (tertiary/aromatic N) is 2. The number of aryl methyl sites for hydroxylation is 1. The molecule has 2 rings (SSSR count). The SMILES string of the molecule is Cc1nnc(OC2CCCC2CN)s1. The fraction of sp³-hybridized carbons (Fsp3) is 0.778. The van der Waals surface area contributed by atoms with Crippen molar-refractivity contribution in [3.05, 3.63) is 5.01 Å².